The zero-order valence-electron chi connectivity index (χ0n) is 5.63. The van der Waals surface area contributed by atoms with Crippen LogP contribution >= 0.6 is 0 Å². The summed E-state index contributed by atoms with van der Waals surface area (Å²) in [6.45, 7) is 0. The second-order valence-electron chi connectivity index (χ2n) is 2.18. The zero-order valence-corrected chi connectivity index (χ0v) is 5.63. The van der Waals surface area contributed by atoms with E-state index in [1.807, 2.05) is 0 Å². The second kappa shape index (κ2) is 2.16. The molecule has 0 atom stereocenters. The van der Waals surface area contributed by atoms with E-state index in [-0.39, 0.29) is 5.56 Å². The Morgan fingerprint density at radius 1 is 1.36 bits per heavy atom. The molecule has 0 radical (unpaired) electrons. The molecule has 0 bridgehead atoms. The Labute approximate surface area is 61.8 Å². The highest BCUT2D eigenvalue weighted by Crippen LogP contribution is 2.13. The Kier molecular flexibility index (Phi) is 1.18. The van der Waals surface area contributed by atoms with E-state index >= 15 is 0 Å². The fraction of sp³-hybridized carbons (Fsp3) is 0. The van der Waals surface area contributed by atoms with Crippen LogP contribution in [0, 0.1) is 0 Å². The van der Waals surface area contributed by atoms with E-state index in [0.29, 0.717) is 0 Å². The van der Waals surface area contributed by atoms with E-state index in [2.05, 4.69) is 10.2 Å². The summed E-state index contributed by atoms with van der Waals surface area (Å²) in [6.07, 6.45) is 3.12. The SMILES string of the molecule is O=c1cc(-c2ccoc2)[nH][nH]1. The molecule has 0 fully saturated rings. The molecule has 0 aliphatic carbocycles. The van der Waals surface area contributed by atoms with Crippen LogP contribution in [0.1, 0.15) is 0 Å². The molecule has 0 spiro atoms. The average molecular weight is 150 g/mol. The Hall–Kier alpha value is -1.71. The number of nitrogens with one attached hydrogen (secondary N) is 2. The first-order valence-corrected chi connectivity index (χ1v) is 3.16. The lowest BCUT2D eigenvalue weighted by Crippen LogP contribution is -1.93. The third kappa shape index (κ3) is 0.980. The van der Waals surface area contributed by atoms with E-state index in [0.717, 1.165) is 11.3 Å². The Morgan fingerprint density at radius 2 is 2.27 bits per heavy atom. The van der Waals surface area contributed by atoms with Crippen LogP contribution in [0.4, 0.5) is 0 Å². The van der Waals surface area contributed by atoms with Crippen molar-refractivity contribution in [2.45, 2.75) is 0 Å². The number of H-pyrrole nitrogens is 2. The maximum Gasteiger partial charge on any atom is 0.264 e. The lowest BCUT2D eigenvalue weighted by molar-refractivity contribution is 0.568. The molecule has 0 aliphatic rings. The molecule has 0 aliphatic heterocycles. The Bertz CT molecular complexity index is 382. The van der Waals surface area contributed by atoms with Crippen LogP contribution in [0.15, 0.2) is 33.9 Å². The van der Waals surface area contributed by atoms with E-state index in [1.165, 1.54) is 6.07 Å². The van der Waals surface area contributed by atoms with Gasteiger partial charge in [0.05, 0.1) is 18.2 Å². The van der Waals surface area contributed by atoms with Crippen LogP contribution in [0.5, 0.6) is 0 Å². The monoisotopic (exact) mass is 150 g/mol. The molecule has 56 valence electrons. The number of furan rings is 1. The first kappa shape index (κ1) is 6.03. The highest BCUT2D eigenvalue weighted by atomic mass is 16.3. The summed E-state index contributed by atoms with van der Waals surface area (Å²) in [5, 5.41) is 5.14. The Morgan fingerprint density at radius 3 is 2.82 bits per heavy atom. The molecule has 2 rings (SSSR count). The summed E-state index contributed by atoms with van der Waals surface area (Å²) in [7, 11) is 0. The van der Waals surface area contributed by atoms with Gasteiger partial charge in [-0.15, -0.1) is 0 Å². The van der Waals surface area contributed by atoms with E-state index in [1.54, 1.807) is 18.6 Å². The van der Waals surface area contributed by atoms with Crippen molar-refractivity contribution in [3.8, 4) is 11.3 Å². The van der Waals surface area contributed by atoms with Crippen molar-refractivity contribution < 1.29 is 4.42 Å². The standard InChI is InChI=1S/C7H6N2O2/c10-7-3-6(8-9-7)5-1-2-11-4-5/h1-4H,(H2,8,9,10). The molecule has 4 nitrogen and oxygen atoms in total. The van der Waals surface area contributed by atoms with Crippen LogP contribution in [0.3, 0.4) is 0 Å². The molecule has 2 aromatic heterocycles. The molecule has 0 amide bonds. The van der Waals surface area contributed by atoms with Crippen LogP contribution in [0.2, 0.25) is 0 Å². The Balaban J connectivity index is 2.53. The molecule has 0 unspecified atom stereocenters. The summed E-state index contributed by atoms with van der Waals surface area (Å²) in [4.78, 5) is 10.7. The van der Waals surface area contributed by atoms with Crippen molar-refractivity contribution >= 4 is 0 Å². The lowest BCUT2D eigenvalue weighted by atomic mass is 10.2. The molecule has 0 saturated heterocycles. The molecule has 0 saturated carbocycles. The molecule has 0 aromatic carbocycles. The lowest BCUT2D eigenvalue weighted by Gasteiger charge is -1.84. The predicted molar refractivity (Wildman–Crippen MR) is 39.1 cm³/mol. The fourth-order valence-corrected chi connectivity index (χ4v) is 0.905. The smallest absolute Gasteiger partial charge is 0.264 e. The van der Waals surface area contributed by atoms with Gasteiger partial charge in [-0.25, -0.2) is 0 Å². The van der Waals surface area contributed by atoms with Crippen molar-refractivity contribution in [1.29, 1.82) is 0 Å². The molecule has 11 heavy (non-hydrogen) atoms. The third-order valence-corrected chi connectivity index (χ3v) is 1.43. The number of hydrogen-bond acceptors (Lipinski definition) is 2. The summed E-state index contributed by atoms with van der Waals surface area (Å²) in [6, 6.07) is 3.25. The maximum atomic E-state index is 10.7. The largest absolute Gasteiger partial charge is 0.472 e. The minimum absolute atomic E-state index is 0.138. The van der Waals surface area contributed by atoms with Crippen molar-refractivity contribution in [3.05, 3.63) is 35.0 Å². The van der Waals surface area contributed by atoms with Crippen molar-refractivity contribution in [2.24, 2.45) is 0 Å². The number of aromatic amines is 2. The van der Waals surface area contributed by atoms with Gasteiger partial charge in [0.1, 0.15) is 0 Å². The predicted octanol–water partition coefficient (Wildman–Crippen LogP) is 0.963. The molecule has 4 heteroatoms. The van der Waals surface area contributed by atoms with Crippen molar-refractivity contribution in [2.75, 3.05) is 0 Å². The van der Waals surface area contributed by atoms with E-state index in [9.17, 15) is 4.79 Å². The summed E-state index contributed by atoms with van der Waals surface area (Å²) < 4.78 is 4.84. The van der Waals surface area contributed by atoms with Gasteiger partial charge in [0.25, 0.3) is 5.56 Å². The summed E-state index contributed by atoms with van der Waals surface area (Å²) >= 11 is 0. The van der Waals surface area contributed by atoms with Gasteiger partial charge in [0, 0.05) is 11.6 Å². The molecule has 2 N–H and O–H groups in total. The number of hydrogen-bond donors (Lipinski definition) is 2. The maximum absolute atomic E-state index is 10.7. The summed E-state index contributed by atoms with van der Waals surface area (Å²) in [5.74, 6) is 0. The van der Waals surface area contributed by atoms with E-state index < -0.39 is 0 Å². The van der Waals surface area contributed by atoms with Gasteiger partial charge in [0.15, 0.2) is 0 Å². The topological polar surface area (TPSA) is 61.8 Å². The van der Waals surface area contributed by atoms with Crippen LogP contribution < -0.4 is 5.56 Å². The van der Waals surface area contributed by atoms with Gasteiger partial charge >= 0.3 is 0 Å². The highest BCUT2D eigenvalue weighted by Gasteiger charge is 1.99. The second-order valence-corrected chi connectivity index (χ2v) is 2.18. The van der Waals surface area contributed by atoms with Gasteiger partial charge in [-0.2, -0.15) is 0 Å². The molecule has 2 aromatic rings. The number of rotatable bonds is 1. The van der Waals surface area contributed by atoms with Crippen LogP contribution in [-0.4, -0.2) is 10.2 Å². The zero-order chi connectivity index (χ0) is 7.68. The molecular weight excluding hydrogens is 144 g/mol. The summed E-state index contributed by atoms with van der Waals surface area (Å²) in [5.41, 5.74) is 1.47. The first-order valence-electron chi connectivity index (χ1n) is 3.16. The normalized spacial score (nSPS) is 10.2. The number of aromatic nitrogens is 2. The minimum atomic E-state index is -0.138. The average Bonchev–Trinajstić information content (AvgIpc) is 2.55. The van der Waals surface area contributed by atoms with Crippen LogP contribution in [-0.2, 0) is 0 Å². The fourth-order valence-electron chi connectivity index (χ4n) is 0.905. The van der Waals surface area contributed by atoms with Gasteiger partial charge in [0.2, 0.25) is 0 Å². The van der Waals surface area contributed by atoms with Crippen molar-refractivity contribution in [3.63, 3.8) is 0 Å². The minimum Gasteiger partial charge on any atom is -0.472 e. The van der Waals surface area contributed by atoms with Gasteiger partial charge in [-0.3, -0.25) is 15.0 Å². The van der Waals surface area contributed by atoms with Crippen molar-refractivity contribution in [1.82, 2.24) is 10.2 Å². The van der Waals surface area contributed by atoms with E-state index in [4.69, 9.17) is 4.42 Å². The third-order valence-electron chi connectivity index (χ3n) is 1.43. The van der Waals surface area contributed by atoms with Gasteiger partial charge < -0.3 is 4.42 Å². The van der Waals surface area contributed by atoms with Crippen LogP contribution in [0.25, 0.3) is 11.3 Å². The van der Waals surface area contributed by atoms with Gasteiger partial charge in [-0.1, -0.05) is 0 Å². The molecular formula is C7H6N2O2. The quantitative estimate of drug-likeness (QED) is 0.636. The van der Waals surface area contributed by atoms with Gasteiger partial charge in [-0.05, 0) is 6.07 Å². The highest BCUT2D eigenvalue weighted by molar-refractivity contribution is 5.56. The molecule has 2 heterocycles. The first-order chi connectivity index (χ1) is 5.36.